The van der Waals surface area contributed by atoms with Crippen molar-refractivity contribution in [3.63, 3.8) is 0 Å². The van der Waals surface area contributed by atoms with Gasteiger partial charge in [0.05, 0.1) is 11.3 Å². The lowest BCUT2D eigenvalue weighted by atomic mass is 10.3. The summed E-state index contributed by atoms with van der Waals surface area (Å²) in [6, 6.07) is 9.10. The number of rotatable bonds is 3. The quantitative estimate of drug-likeness (QED) is 0.318. The van der Waals surface area contributed by atoms with Crippen LogP contribution in [0.2, 0.25) is 0 Å². The van der Waals surface area contributed by atoms with Gasteiger partial charge in [-0.1, -0.05) is 18.2 Å². The maximum Gasteiger partial charge on any atom is 0.155 e. The molecule has 14 heavy (non-hydrogen) atoms. The van der Waals surface area contributed by atoms with Gasteiger partial charge in [-0.25, -0.2) is 4.99 Å². The number of para-hydroxylation sites is 1. The summed E-state index contributed by atoms with van der Waals surface area (Å²) in [6.45, 7) is 0. The first-order valence-corrected chi connectivity index (χ1v) is 4.04. The van der Waals surface area contributed by atoms with E-state index in [1.54, 1.807) is 12.1 Å². The lowest BCUT2D eigenvalue weighted by Gasteiger charge is -1.98. The van der Waals surface area contributed by atoms with E-state index in [9.17, 15) is 4.79 Å². The van der Waals surface area contributed by atoms with Gasteiger partial charge >= 0.3 is 0 Å². The molecule has 4 heteroatoms. The smallest absolute Gasteiger partial charge is 0.155 e. The van der Waals surface area contributed by atoms with Crippen LogP contribution in [0, 0.1) is 0 Å². The van der Waals surface area contributed by atoms with Gasteiger partial charge in [0, 0.05) is 6.20 Å². The first-order chi connectivity index (χ1) is 6.77. The van der Waals surface area contributed by atoms with Crippen LogP contribution in [0.15, 0.2) is 47.1 Å². The summed E-state index contributed by atoms with van der Waals surface area (Å²) in [5, 5.41) is 0. The van der Waals surface area contributed by atoms with Crippen LogP contribution in [-0.2, 0) is 4.79 Å². The molecule has 0 radical (unpaired) electrons. The van der Waals surface area contributed by atoms with Crippen molar-refractivity contribution in [2.45, 2.75) is 0 Å². The van der Waals surface area contributed by atoms with E-state index in [1.807, 2.05) is 18.2 Å². The zero-order valence-corrected chi connectivity index (χ0v) is 7.55. The Balaban J connectivity index is 2.94. The van der Waals surface area contributed by atoms with Crippen molar-refractivity contribution in [2.75, 3.05) is 0 Å². The van der Waals surface area contributed by atoms with Crippen molar-refractivity contribution >= 4 is 17.8 Å². The van der Waals surface area contributed by atoms with Crippen molar-refractivity contribution in [3.05, 3.63) is 42.1 Å². The van der Waals surface area contributed by atoms with Crippen LogP contribution in [0.1, 0.15) is 0 Å². The molecule has 4 nitrogen and oxygen atoms in total. The lowest BCUT2D eigenvalue weighted by Crippen LogP contribution is -2.16. The number of aliphatic imine (C=N–C) groups is 1. The van der Waals surface area contributed by atoms with Gasteiger partial charge in [0.25, 0.3) is 0 Å². The molecule has 0 amide bonds. The Morgan fingerprint density at radius 2 is 1.93 bits per heavy atom. The number of benzene rings is 1. The Labute approximate surface area is 81.9 Å². The minimum atomic E-state index is 0.119. The van der Waals surface area contributed by atoms with E-state index in [-0.39, 0.29) is 11.4 Å². The van der Waals surface area contributed by atoms with Gasteiger partial charge in [-0.3, -0.25) is 4.79 Å². The molecule has 0 bridgehead atoms. The van der Waals surface area contributed by atoms with Crippen LogP contribution >= 0.6 is 0 Å². The molecule has 0 aliphatic heterocycles. The van der Waals surface area contributed by atoms with Gasteiger partial charge in [-0.2, -0.15) is 0 Å². The maximum absolute atomic E-state index is 10.5. The zero-order chi connectivity index (χ0) is 10.4. The summed E-state index contributed by atoms with van der Waals surface area (Å²) in [6.07, 6.45) is 1.70. The van der Waals surface area contributed by atoms with Crippen molar-refractivity contribution < 1.29 is 4.79 Å². The largest absolute Gasteiger partial charge is 0.404 e. The second-order valence-corrected chi connectivity index (χ2v) is 2.57. The third-order valence-corrected chi connectivity index (χ3v) is 1.61. The average molecular weight is 189 g/mol. The fourth-order valence-electron chi connectivity index (χ4n) is 0.891. The monoisotopic (exact) mass is 189 g/mol. The molecule has 1 aromatic rings. The fraction of sp³-hybridized carbons (Fsp3) is 0. The van der Waals surface area contributed by atoms with Gasteiger partial charge < -0.3 is 11.5 Å². The highest BCUT2D eigenvalue weighted by Crippen LogP contribution is 2.10. The third kappa shape index (κ3) is 2.45. The Morgan fingerprint density at radius 3 is 2.43 bits per heavy atom. The molecular weight excluding hydrogens is 178 g/mol. The van der Waals surface area contributed by atoms with Crippen LogP contribution in [0.5, 0.6) is 0 Å². The molecule has 0 aromatic heterocycles. The topological polar surface area (TPSA) is 81.5 Å². The average Bonchev–Trinajstić information content (AvgIpc) is 2.21. The Morgan fingerprint density at radius 1 is 1.29 bits per heavy atom. The molecule has 0 heterocycles. The Kier molecular flexibility index (Phi) is 3.43. The van der Waals surface area contributed by atoms with E-state index in [0.717, 1.165) is 6.20 Å². The number of carbonyl (C=O) groups excluding carboxylic acids is 1. The van der Waals surface area contributed by atoms with Crippen LogP contribution in [0.25, 0.3) is 0 Å². The van der Waals surface area contributed by atoms with Crippen LogP contribution < -0.4 is 11.5 Å². The highest BCUT2D eigenvalue weighted by atomic mass is 16.1. The molecule has 0 fully saturated rings. The molecule has 0 aliphatic rings. The van der Waals surface area contributed by atoms with E-state index in [0.29, 0.717) is 12.0 Å². The Bertz CT molecular complexity index is 368. The summed E-state index contributed by atoms with van der Waals surface area (Å²) in [5.41, 5.74) is 11.6. The summed E-state index contributed by atoms with van der Waals surface area (Å²) in [5.74, 6) is 0.119. The minimum absolute atomic E-state index is 0.119. The van der Waals surface area contributed by atoms with Crippen LogP contribution in [-0.4, -0.2) is 12.1 Å². The van der Waals surface area contributed by atoms with E-state index in [1.165, 1.54) is 0 Å². The number of hydrogen-bond donors (Lipinski definition) is 2. The molecule has 0 saturated heterocycles. The summed E-state index contributed by atoms with van der Waals surface area (Å²) >= 11 is 0. The van der Waals surface area contributed by atoms with E-state index < -0.39 is 0 Å². The SMILES string of the molecule is NC=C(C=O)C(N)=Nc1ccccc1. The number of carbonyl (C=O) groups is 1. The predicted molar refractivity (Wildman–Crippen MR) is 56.1 cm³/mol. The normalized spacial score (nSPS) is 12.6. The number of amidine groups is 1. The standard InChI is InChI=1S/C10H11N3O/c11-6-8(7-14)10(12)13-9-4-2-1-3-5-9/h1-7H,11H2,(H2,12,13). The van der Waals surface area contributed by atoms with Crippen LogP contribution in [0.3, 0.4) is 0 Å². The lowest BCUT2D eigenvalue weighted by molar-refractivity contribution is -0.104. The first-order valence-electron chi connectivity index (χ1n) is 4.04. The van der Waals surface area contributed by atoms with Crippen LogP contribution in [0.4, 0.5) is 5.69 Å². The molecule has 4 N–H and O–H groups in total. The van der Waals surface area contributed by atoms with E-state index in [2.05, 4.69) is 4.99 Å². The zero-order valence-electron chi connectivity index (χ0n) is 7.55. The van der Waals surface area contributed by atoms with Crippen molar-refractivity contribution in [1.82, 2.24) is 0 Å². The molecule has 0 saturated carbocycles. The van der Waals surface area contributed by atoms with Crippen molar-refractivity contribution in [3.8, 4) is 0 Å². The van der Waals surface area contributed by atoms with Gasteiger partial charge in [-0.15, -0.1) is 0 Å². The minimum Gasteiger partial charge on any atom is -0.404 e. The van der Waals surface area contributed by atoms with E-state index >= 15 is 0 Å². The van der Waals surface area contributed by atoms with Gasteiger partial charge in [-0.05, 0) is 12.1 Å². The van der Waals surface area contributed by atoms with Gasteiger partial charge in [0.15, 0.2) is 6.29 Å². The summed E-state index contributed by atoms with van der Waals surface area (Å²) in [7, 11) is 0. The molecule has 0 unspecified atom stereocenters. The highest BCUT2D eigenvalue weighted by molar-refractivity contribution is 6.13. The van der Waals surface area contributed by atoms with Crippen molar-refractivity contribution in [1.29, 1.82) is 0 Å². The molecule has 1 aromatic carbocycles. The molecular formula is C10H11N3O. The summed E-state index contributed by atoms with van der Waals surface area (Å²) < 4.78 is 0. The second-order valence-electron chi connectivity index (χ2n) is 2.57. The molecule has 0 spiro atoms. The van der Waals surface area contributed by atoms with E-state index in [4.69, 9.17) is 11.5 Å². The second kappa shape index (κ2) is 4.81. The van der Waals surface area contributed by atoms with Gasteiger partial charge in [0.2, 0.25) is 0 Å². The van der Waals surface area contributed by atoms with Crippen molar-refractivity contribution in [2.24, 2.45) is 16.5 Å². The Hall–Kier alpha value is -2.10. The molecule has 0 atom stereocenters. The third-order valence-electron chi connectivity index (χ3n) is 1.61. The molecule has 0 aliphatic carbocycles. The van der Waals surface area contributed by atoms with Gasteiger partial charge in [0.1, 0.15) is 5.84 Å². The number of aldehydes is 1. The molecule has 72 valence electrons. The number of hydrogen-bond acceptors (Lipinski definition) is 3. The maximum atomic E-state index is 10.5. The number of nitrogens with two attached hydrogens (primary N) is 2. The molecule has 1 rings (SSSR count). The predicted octanol–water partition coefficient (Wildman–Crippen LogP) is 0.717. The highest BCUT2D eigenvalue weighted by Gasteiger charge is 1.99. The summed E-state index contributed by atoms with van der Waals surface area (Å²) in [4.78, 5) is 14.5. The first kappa shape index (κ1) is 9.98. The number of nitrogens with zero attached hydrogens (tertiary/aromatic N) is 1. The fourth-order valence-corrected chi connectivity index (χ4v) is 0.891.